The Hall–Kier alpha value is -2.37. The van der Waals surface area contributed by atoms with Crippen LogP contribution in [0.1, 0.15) is 42.0 Å². The molecule has 2 aromatic rings. The topological polar surface area (TPSA) is 63.1 Å². The molecule has 6 nitrogen and oxygen atoms in total. The molecule has 0 radical (unpaired) electrons. The second-order valence-electron chi connectivity index (χ2n) is 6.44. The third-order valence-corrected chi connectivity index (χ3v) is 4.60. The first-order chi connectivity index (χ1) is 11.6. The minimum atomic E-state index is -0.0933. The number of urea groups is 1. The van der Waals surface area contributed by atoms with E-state index in [1.165, 1.54) is 18.4 Å². The van der Waals surface area contributed by atoms with Gasteiger partial charge < -0.3 is 14.8 Å². The van der Waals surface area contributed by atoms with Gasteiger partial charge in [-0.25, -0.2) is 4.79 Å². The smallest absolute Gasteiger partial charge is 0.317 e. The van der Waals surface area contributed by atoms with Crippen LogP contribution in [-0.4, -0.2) is 32.7 Å². The molecule has 3 rings (SSSR count). The number of fused-ring (bicyclic) bond motifs is 1. The first-order valence-corrected chi connectivity index (χ1v) is 8.59. The van der Waals surface area contributed by atoms with Crippen LogP contribution in [-0.2, 0) is 26.1 Å². The molecule has 128 valence electrons. The molecule has 2 heterocycles. The average Bonchev–Trinajstić information content (AvgIpc) is 2.81. The molecule has 0 saturated carbocycles. The molecule has 1 N–H and O–H groups in total. The van der Waals surface area contributed by atoms with Gasteiger partial charge in [0.1, 0.15) is 5.82 Å². The maximum Gasteiger partial charge on any atom is 0.317 e. The van der Waals surface area contributed by atoms with Crippen LogP contribution in [0.5, 0.6) is 0 Å². The number of nitrogens with one attached hydrogen (secondary N) is 1. The van der Waals surface area contributed by atoms with Crippen molar-refractivity contribution in [3.63, 3.8) is 0 Å². The number of hydrogen-bond acceptors (Lipinski definition) is 3. The van der Waals surface area contributed by atoms with Crippen molar-refractivity contribution in [1.29, 1.82) is 0 Å². The van der Waals surface area contributed by atoms with Crippen molar-refractivity contribution in [2.24, 2.45) is 0 Å². The lowest BCUT2D eigenvalue weighted by atomic mass is 10.1. The lowest BCUT2D eigenvalue weighted by molar-refractivity contribution is 0.206. The van der Waals surface area contributed by atoms with Crippen LogP contribution in [0.15, 0.2) is 24.3 Å². The van der Waals surface area contributed by atoms with Gasteiger partial charge in [0.05, 0.1) is 6.54 Å². The van der Waals surface area contributed by atoms with Crippen molar-refractivity contribution >= 4 is 6.03 Å². The molecule has 6 heteroatoms. The number of nitrogens with zero attached hydrogens (tertiary/aromatic N) is 4. The molecule has 1 aliphatic rings. The molecule has 2 amide bonds. The summed E-state index contributed by atoms with van der Waals surface area (Å²) in [6, 6.07) is 8.03. The summed E-state index contributed by atoms with van der Waals surface area (Å²) in [5, 5.41) is 11.5. The molecule has 0 bridgehead atoms. The molecule has 1 aliphatic heterocycles. The van der Waals surface area contributed by atoms with Crippen LogP contribution in [0, 0.1) is 6.92 Å². The van der Waals surface area contributed by atoms with Crippen LogP contribution < -0.4 is 5.32 Å². The monoisotopic (exact) mass is 327 g/mol. The van der Waals surface area contributed by atoms with Gasteiger partial charge in [0, 0.05) is 26.6 Å². The number of aryl methyl sites for hydroxylation is 2. The molecular weight excluding hydrogens is 302 g/mol. The quantitative estimate of drug-likeness (QED) is 0.939. The van der Waals surface area contributed by atoms with E-state index < -0.39 is 0 Å². The predicted octanol–water partition coefficient (Wildman–Crippen LogP) is 2.65. The van der Waals surface area contributed by atoms with Crippen LogP contribution in [0.2, 0.25) is 0 Å². The lowest BCUT2D eigenvalue weighted by Crippen LogP contribution is -2.37. The number of carbonyl (C=O) groups excluding carboxylic acids is 1. The normalized spacial score (nSPS) is 13.9. The van der Waals surface area contributed by atoms with E-state index in [-0.39, 0.29) is 6.03 Å². The molecule has 24 heavy (non-hydrogen) atoms. The van der Waals surface area contributed by atoms with Gasteiger partial charge in [-0.3, -0.25) is 0 Å². The SMILES string of the molecule is Cc1ccccc1CN(C)C(=O)NCc1nnc2n1CCCCC2. The molecule has 0 unspecified atom stereocenters. The molecule has 0 saturated heterocycles. The Labute approximate surface area is 142 Å². The minimum Gasteiger partial charge on any atom is -0.331 e. The third-order valence-electron chi connectivity index (χ3n) is 4.60. The lowest BCUT2D eigenvalue weighted by Gasteiger charge is -2.19. The Bertz CT molecular complexity index is 709. The molecule has 1 aromatic heterocycles. The van der Waals surface area contributed by atoms with E-state index in [0.29, 0.717) is 13.1 Å². The van der Waals surface area contributed by atoms with Crippen molar-refractivity contribution in [1.82, 2.24) is 25.0 Å². The van der Waals surface area contributed by atoms with Gasteiger partial charge in [0.25, 0.3) is 0 Å². The maximum atomic E-state index is 12.3. The van der Waals surface area contributed by atoms with E-state index in [1.54, 1.807) is 4.90 Å². The van der Waals surface area contributed by atoms with Crippen molar-refractivity contribution in [3.05, 3.63) is 47.0 Å². The molecular formula is C18H25N5O. The molecule has 1 aromatic carbocycles. The molecule has 0 spiro atoms. The summed E-state index contributed by atoms with van der Waals surface area (Å²) < 4.78 is 2.16. The third kappa shape index (κ3) is 3.75. The number of benzene rings is 1. The summed E-state index contributed by atoms with van der Waals surface area (Å²) in [5.41, 5.74) is 2.35. The Morgan fingerprint density at radius 2 is 2.08 bits per heavy atom. The van der Waals surface area contributed by atoms with E-state index in [9.17, 15) is 4.79 Å². The van der Waals surface area contributed by atoms with E-state index in [4.69, 9.17) is 0 Å². The summed E-state index contributed by atoms with van der Waals surface area (Å²) in [6.07, 6.45) is 4.53. The van der Waals surface area contributed by atoms with Gasteiger partial charge >= 0.3 is 6.03 Å². The van der Waals surface area contributed by atoms with Gasteiger partial charge in [-0.2, -0.15) is 0 Å². The zero-order valence-corrected chi connectivity index (χ0v) is 14.5. The van der Waals surface area contributed by atoms with Gasteiger partial charge in [-0.05, 0) is 30.9 Å². The number of hydrogen-bond donors (Lipinski definition) is 1. The van der Waals surface area contributed by atoms with E-state index >= 15 is 0 Å². The fraction of sp³-hybridized carbons (Fsp3) is 0.500. The summed E-state index contributed by atoms with van der Waals surface area (Å²) in [7, 11) is 1.81. The van der Waals surface area contributed by atoms with Crippen LogP contribution >= 0.6 is 0 Å². The zero-order valence-electron chi connectivity index (χ0n) is 14.5. The summed E-state index contributed by atoms with van der Waals surface area (Å²) in [4.78, 5) is 14.0. The first-order valence-electron chi connectivity index (χ1n) is 8.59. The number of amides is 2. The largest absolute Gasteiger partial charge is 0.331 e. The minimum absolute atomic E-state index is 0.0933. The van der Waals surface area contributed by atoms with Gasteiger partial charge in [-0.1, -0.05) is 30.7 Å². The first kappa shape index (κ1) is 16.5. The second kappa shape index (κ2) is 7.47. The standard InChI is InChI=1S/C18H25N5O/c1-14-8-5-6-9-15(14)13-22(2)18(24)19-12-17-21-20-16-10-4-3-7-11-23(16)17/h5-6,8-9H,3-4,7,10-13H2,1-2H3,(H,19,24). The van der Waals surface area contributed by atoms with Gasteiger partial charge in [0.2, 0.25) is 0 Å². The van der Waals surface area contributed by atoms with Gasteiger partial charge in [-0.15, -0.1) is 10.2 Å². The van der Waals surface area contributed by atoms with Crippen molar-refractivity contribution in [3.8, 4) is 0 Å². The second-order valence-corrected chi connectivity index (χ2v) is 6.44. The fourth-order valence-electron chi connectivity index (χ4n) is 3.08. The highest BCUT2D eigenvalue weighted by Gasteiger charge is 2.16. The van der Waals surface area contributed by atoms with Crippen LogP contribution in [0.25, 0.3) is 0 Å². The summed E-state index contributed by atoms with van der Waals surface area (Å²) >= 11 is 0. The highest BCUT2D eigenvalue weighted by Crippen LogP contribution is 2.14. The Kier molecular flexibility index (Phi) is 5.13. The Morgan fingerprint density at radius 3 is 2.92 bits per heavy atom. The number of aromatic nitrogens is 3. The summed E-state index contributed by atoms with van der Waals surface area (Å²) in [6.45, 7) is 4.03. The average molecular weight is 327 g/mol. The van der Waals surface area contributed by atoms with Crippen molar-refractivity contribution < 1.29 is 4.79 Å². The number of rotatable bonds is 4. The summed E-state index contributed by atoms with van der Waals surface area (Å²) in [5.74, 6) is 1.90. The maximum absolute atomic E-state index is 12.3. The molecule has 0 aliphatic carbocycles. The van der Waals surface area contributed by atoms with E-state index in [2.05, 4.69) is 39.1 Å². The highest BCUT2D eigenvalue weighted by molar-refractivity contribution is 5.73. The van der Waals surface area contributed by atoms with Crippen LogP contribution in [0.4, 0.5) is 4.79 Å². The van der Waals surface area contributed by atoms with Crippen molar-refractivity contribution in [2.75, 3.05) is 7.05 Å². The van der Waals surface area contributed by atoms with Crippen molar-refractivity contribution in [2.45, 2.75) is 52.2 Å². The fourth-order valence-corrected chi connectivity index (χ4v) is 3.08. The van der Waals surface area contributed by atoms with E-state index in [1.807, 2.05) is 19.2 Å². The molecule has 0 fully saturated rings. The van der Waals surface area contributed by atoms with E-state index in [0.717, 1.165) is 36.6 Å². The number of carbonyl (C=O) groups is 1. The predicted molar refractivity (Wildman–Crippen MR) is 92.5 cm³/mol. The Balaban J connectivity index is 1.57. The zero-order chi connectivity index (χ0) is 16.9. The van der Waals surface area contributed by atoms with Crippen LogP contribution in [0.3, 0.4) is 0 Å². The van der Waals surface area contributed by atoms with Gasteiger partial charge in [0.15, 0.2) is 5.82 Å². The molecule has 0 atom stereocenters. The Morgan fingerprint density at radius 1 is 1.25 bits per heavy atom. The highest BCUT2D eigenvalue weighted by atomic mass is 16.2.